The first kappa shape index (κ1) is 23.9. The minimum Gasteiger partial charge on any atom is -0.497 e. The van der Waals surface area contributed by atoms with Gasteiger partial charge in [-0.05, 0) is 65.2 Å². The van der Waals surface area contributed by atoms with Crippen molar-refractivity contribution in [3.63, 3.8) is 0 Å². The lowest BCUT2D eigenvalue weighted by molar-refractivity contribution is -0.139. The van der Waals surface area contributed by atoms with Gasteiger partial charge in [0.15, 0.2) is 4.34 Å². The van der Waals surface area contributed by atoms with Crippen LogP contribution < -0.4 is 9.47 Å². The summed E-state index contributed by atoms with van der Waals surface area (Å²) in [5.41, 5.74) is 5.21. The van der Waals surface area contributed by atoms with Gasteiger partial charge in [0.1, 0.15) is 11.5 Å². The Morgan fingerprint density at radius 1 is 0.794 bits per heavy atom. The highest BCUT2D eigenvalue weighted by molar-refractivity contribution is 8.00. The first-order chi connectivity index (χ1) is 16.6. The summed E-state index contributed by atoms with van der Waals surface area (Å²) in [6.45, 7) is 0. The van der Waals surface area contributed by atoms with E-state index in [-0.39, 0.29) is 12.4 Å². The second-order valence-corrected chi connectivity index (χ2v) is 9.69. The van der Waals surface area contributed by atoms with Crippen LogP contribution in [0.4, 0.5) is 0 Å². The third kappa shape index (κ3) is 5.79. The van der Waals surface area contributed by atoms with Gasteiger partial charge in [-0.2, -0.15) is 0 Å². The van der Waals surface area contributed by atoms with Gasteiger partial charge in [-0.15, -0.1) is 11.3 Å². The summed E-state index contributed by atoms with van der Waals surface area (Å²) in [5, 5.41) is 0. The first-order valence-electron chi connectivity index (χ1n) is 10.7. The largest absolute Gasteiger partial charge is 0.497 e. The summed E-state index contributed by atoms with van der Waals surface area (Å²) in [4.78, 5) is 17.6. The molecule has 0 saturated heterocycles. The van der Waals surface area contributed by atoms with Gasteiger partial charge in [0, 0.05) is 11.3 Å². The molecule has 0 atom stereocenters. The van der Waals surface area contributed by atoms with Gasteiger partial charge in [0.25, 0.3) is 0 Å². The molecule has 0 N–H and O–H groups in total. The lowest BCUT2D eigenvalue weighted by atomic mass is 10.1. The normalized spacial score (nSPS) is 10.7. The smallest absolute Gasteiger partial charge is 0.309 e. The standard InChI is InChI=1S/C27H25NO4S2/c1-30-22-12-8-20(9-13-22)25-26(21-10-14-23(31-2)15-11-21)34-27(28-25)33-17-19-6-4-18(5-7-19)16-24(29)32-3/h4-15H,16-17H2,1-3H3. The molecule has 1 heterocycles. The van der Waals surface area contributed by atoms with Crippen LogP contribution in [0.3, 0.4) is 0 Å². The van der Waals surface area contributed by atoms with E-state index in [9.17, 15) is 4.79 Å². The van der Waals surface area contributed by atoms with Crippen LogP contribution >= 0.6 is 23.1 Å². The molecule has 1 aromatic heterocycles. The van der Waals surface area contributed by atoms with Gasteiger partial charge in [0.2, 0.25) is 0 Å². The molecule has 0 bridgehead atoms. The molecule has 4 rings (SSSR count). The number of nitrogens with zero attached hydrogens (tertiary/aromatic N) is 1. The van der Waals surface area contributed by atoms with Crippen molar-refractivity contribution in [3.05, 3.63) is 83.9 Å². The maximum atomic E-state index is 11.5. The fourth-order valence-electron chi connectivity index (χ4n) is 3.38. The van der Waals surface area contributed by atoms with Crippen LogP contribution in [0.25, 0.3) is 21.7 Å². The van der Waals surface area contributed by atoms with E-state index in [2.05, 4.69) is 12.1 Å². The Morgan fingerprint density at radius 3 is 1.91 bits per heavy atom. The van der Waals surface area contributed by atoms with Gasteiger partial charge in [-0.1, -0.05) is 36.0 Å². The molecule has 4 aromatic rings. The number of carbonyl (C=O) groups is 1. The molecule has 0 aliphatic heterocycles. The summed E-state index contributed by atoms with van der Waals surface area (Å²) in [5.74, 6) is 2.19. The Labute approximate surface area is 207 Å². The molecule has 0 aliphatic carbocycles. The summed E-state index contributed by atoms with van der Waals surface area (Å²) >= 11 is 3.39. The molecule has 0 aliphatic rings. The molecule has 34 heavy (non-hydrogen) atoms. The minimum absolute atomic E-state index is 0.234. The summed E-state index contributed by atoms with van der Waals surface area (Å²) in [7, 11) is 4.74. The third-order valence-electron chi connectivity index (χ3n) is 5.28. The molecule has 0 fully saturated rings. The predicted octanol–water partition coefficient (Wildman–Crippen LogP) is 6.50. The fraction of sp³-hybridized carbons (Fsp3) is 0.185. The quantitative estimate of drug-likeness (QED) is 0.197. The molecular weight excluding hydrogens is 466 g/mol. The Morgan fingerprint density at radius 2 is 1.35 bits per heavy atom. The zero-order valence-corrected chi connectivity index (χ0v) is 20.9. The van der Waals surface area contributed by atoms with E-state index in [0.717, 1.165) is 48.9 Å². The van der Waals surface area contributed by atoms with Crippen LogP contribution in [0, 0.1) is 0 Å². The van der Waals surface area contributed by atoms with Gasteiger partial charge < -0.3 is 14.2 Å². The highest BCUT2D eigenvalue weighted by Gasteiger charge is 2.16. The molecular formula is C27H25NO4S2. The van der Waals surface area contributed by atoms with E-state index < -0.39 is 0 Å². The number of thioether (sulfide) groups is 1. The van der Waals surface area contributed by atoms with Crippen molar-refractivity contribution in [3.8, 4) is 33.2 Å². The Hall–Kier alpha value is -3.29. The number of esters is 1. The Balaban J connectivity index is 1.57. The number of ether oxygens (including phenoxy) is 3. The lowest BCUT2D eigenvalue weighted by Gasteiger charge is -2.05. The second kappa shape index (κ2) is 11.2. The molecule has 0 spiro atoms. The molecule has 3 aromatic carbocycles. The fourth-order valence-corrected chi connectivity index (χ4v) is 5.51. The number of aromatic nitrogens is 1. The maximum Gasteiger partial charge on any atom is 0.309 e. The van der Waals surface area contributed by atoms with Crippen LogP contribution in [0.1, 0.15) is 11.1 Å². The molecule has 0 saturated carbocycles. The van der Waals surface area contributed by atoms with Crippen molar-refractivity contribution < 1.29 is 19.0 Å². The first-order valence-corrected chi connectivity index (χ1v) is 12.5. The Bertz CT molecular complexity index is 1170. The van der Waals surface area contributed by atoms with E-state index in [1.807, 2.05) is 60.7 Å². The highest BCUT2D eigenvalue weighted by Crippen LogP contribution is 2.41. The average molecular weight is 492 g/mol. The number of methoxy groups -OCH3 is 3. The molecule has 5 nitrogen and oxygen atoms in total. The lowest BCUT2D eigenvalue weighted by Crippen LogP contribution is -2.04. The zero-order valence-electron chi connectivity index (χ0n) is 19.2. The number of hydrogen-bond acceptors (Lipinski definition) is 7. The van der Waals surface area contributed by atoms with Crippen molar-refractivity contribution in [2.45, 2.75) is 16.5 Å². The van der Waals surface area contributed by atoms with Gasteiger partial charge >= 0.3 is 5.97 Å². The van der Waals surface area contributed by atoms with Crippen molar-refractivity contribution in [1.29, 1.82) is 0 Å². The van der Waals surface area contributed by atoms with E-state index in [1.54, 1.807) is 37.3 Å². The number of hydrogen-bond donors (Lipinski definition) is 0. The van der Waals surface area contributed by atoms with Crippen molar-refractivity contribution in [1.82, 2.24) is 4.98 Å². The summed E-state index contributed by atoms with van der Waals surface area (Å²) < 4.78 is 16.4. The van der Waals surface area contributed by atoms with Gasteiger partial charge in [-0.25, -0.2) is 4.98 Å². The van der Waals surface area contributed by atoms with E-state index in [1.165, 1.54) is 12.7 Å². The molecule has 0 amide bonds. The van der Waals surface area contributed by atoms with Gasteiger partial charge in [0.05, 0.1) is 38.3 Å². The topological polar surface area (TPSA) is 57.7 Å². The molecule has 7 heteroatoms. The monoisotopic (exact) mass is 491 g/mol. The minimum atomic E-state index is -0.234. The van der Waals surface area contributed by atoms with E-state index >= 15 is 0 Å². The molecule has 0 radical (unpaired) electrons. The average Bonchev–Trinajstić information content (AvgIpc) is 3.32. The van der Waals surface area contributed by atoms with Crippen molar-refractivity contribution >= 4 is 29.1 Å². The Kier molecular flexibility index (Phi) is 7.87. The van der Waals surface area contributed by atoms with Crippen LogP contribution in [-0.4, -0.2) is 32.3 Å². The van der Waals surface area contributed by atoms with Crippen LogP contribution in [-0.2, 0) is 21.7 Å². The SMILES string of the molecule is COC(=O)Cc1ccc(CSc2nc(-c3ccc(OC)cc3)c(-c3ccc(OC)cc3)s2)cc1. The molecule has 0 unspecified atom stereocenters. The van der Waals surface area contributed by atoms with Crippen molar-refractivity contribution in [2.24, 2.45) is 0 Å². The van der Waals surface area contributed by atoms with Crippen molar-refractivity contribution in [2.75, 3.05) is 21.3 Å². The molecule has 174 valence electrons. The summed E-state index contributed by atoms with van der Waals surface area (Å²) in [6, 6.07) is 24.1. The number of rotatable bonds is 9. The van der Waals surface area contributed by atoms with E-state index in [4.69, 9.17) is 19.2 Å². The second-order valence-electron chi connectivity index (χ2n) is 7.47. The zero-order chi connectivity index (χ0) is 23.9. The highest BCUT2D eigenvalue weighted by atomic mass is 32.2. The summed E-state index contributed by atoms with van der Waals surface area (Å²) in [6.07, 6.45) is 0.285. The maximum absolute atomic E-state index is 11.5. The van der Waals surface area contributed by atoms with Gasteiger partial charge in [-0.3, -0.25) is 4.79 Å². The van der Waals surface area contributed by atoms with Crippen LogP contribution in [0.2, 0.25) is 0 Å². The number of carbonyl (C=O) groups excluding carboxylic acids is 1. The van der Waals surface area contributed by atoms with Crippen LogP contribution in [0.15, 0.2) is 77.1 Å². The third-order valence-corrected chi connectivity index (χ3v) is 7.60. The number of benzene rings is 3. The van der Waals surface area contributed by atoms with E-state index in [0.29, 0.717) is 0 Å². The predicted molar refractivity (Wildman–Crippen MR) is 138 cm³/mol. The number of thiazole rings is 1. The van der Waals surface area contributed by atoms with Crippen LogP contribution in [0.5, 0.6) is 11.5 Å².